The number of alkyl halides is 7. The van der Waals surface area contributed by atoms with Gasteiger partial charge < -0.3 is 71.3 Å². The molecule has 0 radical (unpaired) electrons. The number of aliphatic hydroxyl groups excluding tert-OH is 6. The van der Waals surface area contributed by atoms with E-state index in [2.05, 4.69) is 24.7 Å². The number of halogens is 8. The number of hydrogen-bond donors (Lipinski definition) is 6. The first-order valence-corrected chi connectivity index (χ1v) is 17.4. The van der Waals surface area contributed by atoms with Crippen LogP contribution in [0.4, 0.5) is 26.3 Å². The van der Waals surface area contributed by atoms with Crippen molar-refractivity contribution >= 4 is 37.8 Å². The summed E-state index contributed by atoms with van der Waals surface area (Å²) >= 11 is 5.04. The molecule has 0 aliphatic carbocycles. The molecule has 3 atom stereocenters. The van der Waals surface area contributed by atoms with Crippen molar-refractivity contribution in [3.05, 3.63) is 79.8 Å². The molecule has 27 heteroatoms. The Morgan fingerprint density at radius 3 is 1.30 bits per heavy atom. The molecule has 3 heterocycles. The number of nitrogens with zero attached hydrogens (tertiary/aromatic N) is 7. The summed E-state index contributed by atoms with van der Waals surface area (Å²) in [6.45, 7) is 12.4. The van der Waals surface area contributed by atoms with Crippen LogP contribution in [-0.4, -0.2) is 158 Å². The normalized spacial score (nSPS) is 15.5. The van der Waals surface area contributed by atoms with Gasteiger partial charge in [-0.2, -0.15) is 26.3 Å². The molecule has 6 N–H and O–H groups in total. The molecule has 53 heavy (non-hydrogen) atoms. The van der Waals surface area contributed by atoms with Crippen molar-refractivity contribution in [1.29, 1.82) is 0 Å². The van der Waals surface area contributed by atoms with Crippen molar-refractivity contribution in [1.82, 2.24) is 29.2 Å². The zero-order valence-electron chi connectivity index (χ0n) is 27.6. The fourth-order valence-electron chi connectivity index (χ4n) is 2.74. The third-order valence-electron chi connectivity index (χ3n) is 5.31. The van der Waals surface area contributed by atoms with E-state index in [4.69, 9.17) is 42.2 Å². The summed E-state index contributed by atoms with van der Waals surface area (Å²) in [6.07, 6.45) is 15.7. The molecular weight excluding hydrogens is 819 g/mol. The zero-order valence-corrected chi connectivity index (χ0v) is 30.7. The number of aromatic nitrogens is 2. The van der Waals surface area contributed by atoms with Crippen molar-refractivity contribution in [3.63, 3.8) is 0 Å². The predicted molar refractivity (Wildman–Crippen MR) is 177 cm³/mol. The molecule has 0 aromatic carbocycles. The van der Waals surface area contributed by atoms with Crippen LogP contribution in [0.3, 0.4) is 0 Å². The smallest absolute Gasteiger partial charge is 0.480 e. The maximum Gasteiger partial charge on any atom is 0.480 e. The second kappa shape index (κ2) is 26.6. The standard InChI is InChI=1S/2C8H14N2O2.C5H6N2.C3H7ClO2.C2F6NO4S2.ClH/c2*1-2-9-3-4-10(7-9)5-8(12)6-11;1-2-7-4-3-6-5-7;4-1-3(6)2-5;3-1(4,5)14(10,11)9-15(12,13)2(6,7)8;/h2*2-4,8,11-12H,1,5-7H2;2-5H,1H2;3,5-6H,1-2H2;;1H/q;;;;-1;/p-1. The molecule has 0 spiro atoms. The highest BCUT2D eigenvalue weighted by Gasteiger charge is 2.47. The average Bonchev–Trinajstić information content (AvgIpc) is 3.86. The Hall–Kier alpha value is -3.11. The zero-order chi connectivity index (χ0) is 40.8. The Kier molecular flexibility index (Phi) is 27.3. The monoisotopic (exact) mass is 859 g/mol. The molecule has 0 fully saturated rings. The predicted octanol–water partition coefficient (Wildman–Crippen LogP) is -2.32. The van der Waals surface area contributed by atoms with Crippen LogP contribution in [0.15, 0.2) is 75.7 Å². The number of aliphatic hydroxyl groups is 6. The van der Waals surface area contributed by atoms with Crippen LogP contribution >= 0.6 is 11.6 Å². The van der Waals surface area contributed by atoms with Crippen LogP contribution in [0.25, 0.3) is 10.3 Å². The van der Waals surface area contributed by atoms with Crippen LogP contribution in [0.1, 0.15) is 0 Å². The summed E-state index contributed by atoms with van der Waals surface area (Å²) in [5.74, 6) is 0.108. The first kappa shape index (κ1) is 54.2. The van der Waals surface area contributed by atoms with Crippen LogP contribution < -0.4 is 12.4 Å². The van der Waals surface area contributed by atoms with E-state index in [-0.39, 0.29) is 38.1 Å². The lowest BCUT2D eigenvalue weighted by Gasteiger charge is -2.22. The molecule has 0 saturated carbocycles. The summed E-state index contributed by atoms with van der Waals surface area (Å²) in [6, 6.07) is 0. The van der Waals surface area contributed by atoms with Crippen LogP contribution in [-0.2, 0) is 20.0 Å². The van der Waals surface area contributed by atoms with Gasteiger partial charge in [-0.1, -0.05) is 19.7 Å². The lowest BCUT2D eigenvalue weighted by molar-refractivity contribution is -0.0444. The molecule has 0 saturated heterocycles. The highest BCUT2D eigenvalue weighted by Crippen LogP contribution is 2.36. The molecule has 17 nitrogen and oxygen atoms in total. The van der Waals surface area contributed by atoms with Crippen LogP contribution in [0.5, 0.6) is 0 Å². The molecule has 2 aliphatic rings. The van der Waals surface area contributed by atoms with Gasteiger partial charge in [0.2, 0.25) is 0 Å². The second-order valence-electron chi connectivity index (χ2n) is 9.59. The van der Waals surface area contributed by atoms with E-state index in [1.165, 1.54) is 0 Å². The molecule has 0 amide bonds. The first-order valence-electron chi connectivity index (χ1n) is 14.0. The lowest BCUT2D eigenvalue weighted by atomic mass is 10.3. The van der Waals surface area contributed by atoms with E-state index < -0.39 is 49.4 Å². The van der Waals surface area contributed by atoms with Crippen LogP contribution in [0, 0.1) is 0 Å². The third-order valence-corrected chi connectivity index (χ3v) is 8.41. The third kappa shape index (κ3) is 23.3. The van der Waals surface area contributed by atoms with E-state index in [1.807, 2.05) is 50.6 Å². The van der Waals surface area contributed by atoms with Gasteiger partial charge in [0.25, 0.3) is 0 Å². The summed E-state index contributed by atoms with van der Waals surface area (Å²) < 4.78 is 111. The van der Waals surface area contributed by atoms with Crippen molar-refractivity contribution in [2.24, 2.45) is 0 Å². The first-order chi connectivity index (χ1) is 24.0. The molecule has 2 aliphatic heterocycles. The number of hydrogen-bond acceptors (Lipinski definition) is 15. The van der Waals surface area contributed by atoms with E-state index in [9.17, 15) is 43.2 Å². The largest absolute Gasteiger partial charge is 1.00 e. The minimum absolute atomic E-state index is 0. The average molecular weight is 861 g/mol. The Morgan fingerprint density at radius 1 is 0.736 bits per heavy atom. The summed E-state index contributed by atoms with van der Waals surface area (Å²) in [7, 11) is -13.4. The lowest BCUT2D eigenvalue weighted by Crippen LogP contribution is -3.00. The molecule has 0 bridgehead atoms. The van der Waals surface area contributed by atoms with E-state index in [0.29, 0.717) is 26.4 Å². The topological polar surface area (TPSA) is 235 Å². The summed E-state index contributed by atoms with van der Waals surface area (Å²) in [5.41, 5.74) is -12.4. The van der Waals surface area contributed by atoms with Gasteiger partial charge >= 0.3 is 11.0 Å². The Bertz CT molecular complexity index is 1360. The number of β-amino-alcohol motifs (C(OH)–C–C–N with tert-alkyl or cyclic N) is 2. The van der Waals surface area contributed by atoms with E-state index >= 15 is 0 Å². The van der Waals surface area contributed by atoms with E-state index in [0.717, 1.165) is 4.13 Å². The minimum atomic E-state index is -6.72. The van der Waals surface area contributed by atoms with Gasteiger partial charge in [0.15, 0.2) is 20.0 Å². The molecule has 3 rings (SSSR count). The van der Waals surface area contributed by atoms with Crippen LogP contribution in [0.2, 0.25) is 0 Å². The summed E-state index contributed by atoms with van der Waals surface area (Å²) in [4.78, 5) is 11.4. The summed E-state index contributed by atoms with van der Waals surface area (Å²) in [5, 5.41) is 51.7. The Labute approximate surface area is 313 Å². The van der Waals surface area contributed by atoms with E-state index in [1.54, 1.807) is 35.7 Å². The number of sulfonamides is 2. The van der Waals surface area contributed by atoms with Crippen molar-refractivity contribution in [2.45, 2.75) is 29.3 Å². The number of imidazole rings is 1. The van der Waals surface area contributed by atoms with Gasteiger partial charge in [-0.25, -0.2) is 21.8 Å². The van der Waals surface area contributed by atoms with Gasteiger partial charge in [-0.05, 0) is 12.4 Å². The Morgan fingerprint density at radius 2 is 1.11 bits per heavy atom. The Balaban J connectivity index is -0.000000606. The SMILES string of the molecule is C=CN1C=CN(CC(O)CO)C1.C=CN1C=CN(CC(O)CO)C1.C=Cn1ccnc1.O=S(=O)([N-]S(=O)(=O)C(F)(F)F)C(F)(F)F.OCC(O)CCl.[Cl-]. The second-order valence-corrected chi connectivity index (χ2v) is 13.3. The van der Waals surface area contributed by atoms with Gasteiger partial charge in [-0.15, -0.1) is 11.6 Å². The van der Waals surface area contributed by atoms with Gasteiger partial charge in [0, 0.05) is 56.5 Å². The van der Waals surface area contributed by atoms with Crippen molar-refractivity contribution in [3.8, 4) is 0 Å². The highest BCUT2D eigenvalue weighted by molar-refractivity contribution is 8.13. The van der Waals surface area contributed by atoms with Crippen molar-refractivity contribution < 1.29 is 86.2 Å². The minimum Gasteiger partial charge on any atom is -1.00 e. The maximum absolute atomic E-state index is 11.4. The van der Waals surface area contributed by atoms with Crippen molar-refractivity contribution in [2.75, 3.05) is 52.1 Å². The molecule has 3 unspecified atom stereocenters. The number of rotatable bonds is 13. The molecular formula is C26H41Cl2F6N7O10S2-2. The van der Waals surface area contributed by atoms with Gasteiger partial charge in [-0.3, -0.25) is 0 Å². The fraction of sp³-hybridized carbons (Fsp3) is 0.500. The maximum atomic E-state index is 11.4. The van der Waals surface area contributed by atoms with Gasteiger partial charge in [0.1, 0.15) is 0 Å². The molecule has 310 valence electrons. The fourth-order valence-corrected chi connectivity index (χ4v) is 4.55. The quantitative estimate of drug-likeness (QED) is 0.0904. The molecule has 1 aromatic rings. The highest BCUT2D eigenvalue weighted by atomic mass is 35.5. The molecule has 1 aromatic heterocycles. The van der Waals surface area contributed by atoms with Gasteiger partial charge in [0.05, 0.1) is 63.7 Å².